The maximum atomic E-state index is 9.18. The number of benzene rings is 1. The van der Waals surface area contributed by atoms with Gasteiger partial charge in [0, 0.05) is 21.4 Å². The van der Waals surface area contributed by atoms with E-state index < -0.39 is 0 Å². The summed E-state index contributed by atoms with van der Waals surface area (Å²) in [7, 11) is 0. The van der Waals surface area contributed by atoms with Crippen molar-refractivity contribution < 1.29 is 0 Å². The molecule has 4 heteroatoms. The maximum Gasteiger partial charge on any atom is 0.133 e. The number of aromatic amines is 1. The van der Waals surface area contributed by atoms with E-state index in [1.165, 1.54) is 0 Å². The van der Waals surface area contributed by atoms with Gasteiger partial charge in [-0.15, -0.1) is 0 Å². The Bertz CT molecular complexity index is 700. The molecule has 0 unspecified atom stereocenters. The summed E-state index contributed by atoms with van der Waals surface area (Å²) in [5.41, 5.74) is 2.67. The van der Waals surface area contributed by atoms with Gasteiger partial charge in [0.05, 0.1) is 5.52 Å². The number of imidazole rings is 1. The monoisotopic (exact) mass is 307 g/mol. The number of nitrogens with one attached hydrogen (secondary N) is 1. The van der Waals surface area contributed by atoms with Crippen LogP contribution in [0.2, 0.25) is 0 Å². The highest BCUT2D eigenvalue weighted by Gasteiger charge is 2.13. The van der Waals surface area contributed by atoms with E-state index in [0.29, 0.717) is 0 Å². The van der Waals surface area contributed by atoms with E-state index in [4.69, 9.17) is 0 Å². The van der Waals surface area contributed by atoms with Crippen LogP contribution in [-0.4, -0.2) is 9.38 Å². The van der Waals surface area contributed by atoms with Gasteiger partial charge in [0.15, 0.2) is 0 Å². The van der Waals surface area contributed by atoms with Crippen molar-refractivity contribution in [2.45, 2.75) is 0 Å². The molecule has 3 aromatic rings. The fraction of sp³-hybridized carbons (Fsp3) is 0. The first-order chi connectivity index (χ1) is 7.33. The van der Waals surface area contributed by atoms with Gasteiger partial charge in [-0.3, -0.25) is 0 Å². The van der Waals surface area contributed by atoms with Gasteiger partial charge in [-0.2, -0.15) is 5.26 Å². The maximum absolute atomic E-state index is 9.18. The lowest BCUT2D eigenvalue weighted by molar-refractivity contribution is 1.28. The first-order valence-corrected chi connectivity index (χ1v) is 5.56. The highest BCUT2D eigenvalue weighted by Crippen LogP contribution is 2.28. The Morgan fingerprint density at radius 2 is 2.27 bits per heavy atom. The van der Waals surface area contributed by atoms with E-state index in [9.17, 15) is 5.26 Å². The second-order valence-electron chi connectivity index (χ2n) is 3.30. The minimum absolute atomic E-state index is 0.722. The molecule has 0 saturated heterocycles. The third kappa shape index (κ3) is 1.04. The molecule has 0 saturated carbocycles. The minimum atomic E-state index is 0.722. The fourth-order valence-corrected chi connectivity index (χ4v) is 2.67. The molecule has 0 atom stereocenters. The highest BCUT2D eigenvalue weighted by molar-refractivity contribution is 14.1. The highest BCUT2D eigenvalue weighted by atomic mass is 127. The van der Waals surface area contributed by atoms with E-state index in [-0.39, 0.29) is 0 Å². The third-order valence-corrected chi connectivity index (χ3v) is 3.43. The lowest BCUT2D eigenvalue weighted by atomic mass is 10.2. The molecular weight excluding hydrogens is 301 g/mol. The van der Waals surface area contributed by atoms with Crippen molar-refractivity contribution in [2.75, 3.05) is 0 Å². The molecule has 0 aliphatic rings. The summed E-state index contributed by atoms with van der Waals surface area (Å²) in [4.78, 5) is 3.09. The Morgan fingerprint density at radius 3 is 3.07 bits per heavy atom. The molecule has 0 radical (unpaired) electrons. The van der Waals surface area contributed by atoms with Crippen LogP contribution >= 0.6 is 22.6 Å². The van der Waals surface area contributed by atoms with Crippen LogP contribution in [0.1, 0.15) is 5.56 Å². The Morgan fingerprint density at radius 1 is 1.40 bits per heavy atom. The van der Waals surface area contributed by atoms with E-state index in [1.54, 1.807) is 0 Å². The van der Waals surface area contributed by atoms with Crippen LogP contribution in [0.15, 0.2) is 30.6 Å². The van der Waals surface area contributed by atoms with E-state index in [0.717, 1.165) is 25.7 Å². The summed E-state index contributed by atoms with van der Waals surface area (Å²) in [6.45, 7) is 0. The van der Waals surface area contributed by atoms with Crippen LogP contribution in [0.4, 0.5) is 0 Å². The normalized spacial score (nSPS) is 10.9. The topological polar surface area (TPSA) is 44.0 Å². The molecule has 15 heavy (non-hydrogen) atoms. The second kappa shape index (κ2) is 3.00. The average molecular weight is 307 g/mol. The number of hydrogen-bond donors (Lipinski definition) is 1. The molecular formula is C11H6IN3. The van der Waals surface area contributed by atoms with Gasteiger partial charge < -0.3 is 9.38 Å². The lowest BCUT2D eigenvalue weighted by Gasteiger charge is -1.94. The molecule has 2 heterocycles. The summed E-state index contributed by atoms with van der Waals surface area (Å²) in [6.07, 6.45) is 3.78. The zero-order chi connectivity index (χ0) is 10.4. The summed E-state index contributed by atoms with van der Waals surface area (Å²) in [5.74, 6) is 0. The zero-order valence-electron chi connectivity index (χ0n) is 7.66. The third-order valence-electron chi connectivity index (χ3n) is 2.53. The first-order valence-electron chi connectivity index (χ1n) is 4.48. The number of halogens is 1. The molecule has 1 N–H and O–H groups in total. The second-order valence-corrected chi connectivity index (χ2v) is 4.46. The molecule has 0 aliphatic heterocycles. The van der Waals surface area contributed by atoms with Crippen molar-refractivity contribution in [1.82, 2.24) is 9.38 Å². The molecule has 0 aliphatic carbocycles. The van der Waals surface area contributed by atoms with Crippen molar-refractivity contribution in [2.24, 2.45) is 0 Å². The number of hydrogen-bond acceptors (Lipinski definition) is 1. The van der Waals surface area contributed by atoms with Gasteiger partial charge in [-0.25, -0.2) is 0 Å². The summed E-state index contributed by atoms with van der Waals surface area (Å²) < 4.78 is 3.12. The van der Waals surface area contributed by atoms with Gasteiger partial charge in [0.25, 0.3) is 0 Å². The first kappa shape index (κ1) is 8.80. The van der Waals surface area contributed by atoms with Crippen LogP contribution in [0, 0.1) is 14.9 Å². The largest absolute Gasteiger partial charge is 0.345 e. The van der Waals surface area contributed by atoms with Crippen molar-refractivity contribution in [3.05, 3.63) is 39.7 Å². The molecule has 0 spiro atoms. The van der Waals surface area contributed by atoms with Crippen LogP contribution in [0.3, 0.4) is 0 Å². The van der Waals surface area contributed by atoms with Gasteiger partial charge >= 0.3 is 0 Å². The molecule has 3 rings (SSSR count). The number of H-pyrrole nitrogens is 1. The van der Waals surface area contributed by atoms with Crippen LogP contribution in [0.25, 0.3) is 16.6 Å². The fourth-order valence-electron chi connectivity index (χ4n) is 1.92. The van der Waals surface area contributed by atoms with Crippen molar-refractivity contribution in [3.63, 3.8) is 0 Å². The summed E-state index contributed by atoms with van der Waals surface area (Å²) in [5, 5.41) is 10.2. The van der Waals surface area contributed by atoms with Crippen molar-refractivity contribution in [1.29, 1.82) is 5.26 Å². The van der Waals surface area contributed by atoms with Crippen LogP contribution in [0.5, 0.6) is 0 Å². The average Bonchev–Trinajstić information content (AvgIpc) is 2.78. The Hall–Kier alpha value is -1.48. The predicted octanol–water partition coefficient (Wildman–Crippen LogP) is 2.90. The quantitative estimate of drug-likeness (QED) is 0.638. The number of rotatable bonds is 0. The number of nitriles is 1. The predicted molar refractivity (Wildman–Crippen MR) is 66.7 cm³/mol. The molecule has 1 aromatic carbocycles. The van der Waals surface area contributed by atoms with Gasteiger partial charge in [-0.1, -0.05) is 6.07 Å². The van der Waals surface area contributed by atoms with Crippen LogP contribution in [-0.2, 0) is 0 Å². The van der Waals surface area contributed by atoms with Crippen molar-refractivity contribution >= 4 is 39.1 Å². The minimum Gasteiger partial charge on any atom is -0.345 e. The lowest BCUT2D eigenvalue weighted by Crippen LogP contribution is -1.77. The van der Waals surface area contributed by atoms with Crippen molar-refractivity contribution in [3.8, 4) is 6.07 Å². The molecule has 3 nitrogen and oxygen atoms in total. The van der Waals surface area contributed by atoms with Gasteiger partial charge in [0.2, 0.25) is 0 Å². The zero-order valence-corrected chi connectivity index (χ0v) is 9.82. The van der Waals surface area contributed by atoms with Gasteiger partial charge in [-0.05, 0) is 34.7 Å². The Kier molecular flexibility index (Phi) is 1.76. The van der Waals surface area contributed by atoms with Crippen LogP contribution < -0.4 is 0 Å². The smallest absolute Gasteiger partial charge is 0.133 e. The molecule has 0 bridgehead atoms. The molecule has 0 amide bonds. The van der Waals surface area contributed by atoms with E-state index >= 15 is 0 Å². The SMILES string of the molecule is N#Cc1c2c(I)cccc2n2cc[nH]c12. The standard InChI is InChI=1S/C11H6IN3/c12-8-2-1-3-9-10(8)7(6-13)11-14-4-5-15(9)11/h1-5,14H. The van der Waals surface area contributed by atoms with Gasteiger partial charge in [0.1, 0.15) is 17.3 Å². The summed E-state index contributed by atoms with van der Waals surface area (Å²) >= 11 is 2.26. The number of nitrogens with zero attached hydrogens (tertiary/aromatic N) is 2. The Balaban J connectivity index is 2.72. The van der Waals surface area contributed by atoms with E-state index in [1.807, 2.05) is 35.0 Å². The molecule has 0 fully saturated rings. The molecule has 2 aromatic heterocycles. The Labute approximate surface area is 99.5 Å². The number of aromatic nitrogens is 2. The van der Waals surface area contributed by atoms with E-state index in [2.05, 4.69) is 33.6 Å². The molecule has 72 valence electrons. The summed E-state index contributed by atoms with van der Waals surface area (Å²) in [6, 6.07) is 8.31. The number of fused-ring (bicyclic) bond motifs is 3.